The van der Waals surface area contributed by atoms with Crippen LogP contribution in [0, 0.1) is 15.3 Å². The van der Waals surface area contributed by atoms with Crippen LogP contribution in [-0.4, -0.2) is 44.8 Å². The van der Waals surface area contributed by atoms with Crippen molar-refractivity contribution in [2.45, 2.75) is 24.6 Å². The van der Waals surface area contributed by atoms with Gasteiger partial charge >= 0.3 is 6.18 Å². The quantitative estimate of drug-likeness (QED) is 0.721. The molecular formula is C10H11F3N2O3S2. The third-order valence-corrected chi connectivity index (χ3v) is 3.60. The number of rotatable bonds is 2. The van der Waals surface area contributed by atoms with Gasteiger partial charge in [-0.2, -0.15) is 13.2 Å². The molecule has 1 saturated heterocycles. The lowest BCUT2D eigenvalue weighted by atomic mass is 9.99. The van der Waals surface area contributed by atoms with E-state index in [1.54, 1.807) is 0 Å². The van der Waals surface area contributed by atoms with Crippen LogP contribution < -0.4 is 0 Å². The smallest absolute Gasteiger partial charge is 0.394 e. The van der Waals surface area contributed by atoms with E-state index in [2.05, 4.69) is 4.98 Å². The highest BCUT2D eigenvalue weighted by atomic mass is 32.1. The van der Waals surface area contributed by atoms with Gasteiger partial charge in [-0.25, -0.2) is 0 Å². The summed E-state index contributed by atoms with van der Waals surface area (Å²) >= 11 is 9.73. The van der Waals surface area contributed by atoms with Gasteiger partial charge in [0.05, 0.1) is 12.7 Å². The first-order valence-corrected chi connectivity index (χ1v) is 6.40. The van der Waals surface area contributed by atoms with Crippen molar-refractivity contribution in [1.82, 2.24) is 9.55 Å². The van der Waals surface area contributed by atoms with Crippen LogP contribution in [0.1, 0.15) is 6.23 Å². The summed E-state index contributed by atoms with van der Waals surface area (Å²) in [6, 6.07) is 1.36. The van der Waals surface area contributed by atoms with Gasteiger partial charge in [-0.3, -0.25) is 4.57 Å². The van der Waals surface area contributed by atoms with Crippen LogP contribution in [0.4, 0.5) is 13.2 Å². The molecule has 0 aromatic carbocycles. The Morgan fingerprint density at radius 2 is 2.05 bits per heavy atom. The van der Waals surface area contributed by atoms with E-state index in [1.165, 1.54) is 12.3 Å². The SMILES string of the molecule is OC[C@H]1O[C@@H](n2ccc(=S)[nH]c2=S)C(C(F)(F)F)[C@H]1O. The van der Waals surface area contributed by atoms with E-state index < -0.39 is 37.1 Å². The number of halogens is 3. The van der Waals surface area contributed by atoms with Crippen molar-refractivity contribution in [2.24, 2.45) is 5.92 Å². The third-order valence-electron chi connectivity index (χ3n) is 3.05. The third kappa shape index (κ3) is 2.79. The predicted octanol–water partition coefficient (Wildman–Crippen LogP) is 1.70. The lowest BCUT2D eigenvalue weighted by molar-refractivity contribution is -0.211. The fourth-order valence-electron chi connectivity index (χ4n) is 2.12. The highest BCUT2D eigenvalue weighted by Gasteiger charge is 2.57. The summed E-state index contributed by atoms with van der Waals surface area (Å²) in [6.07, 6.45) is -8.18. The fourth-order valence-corrected chi connectivity index (χ4v) is 2.61. The average molecular weight is 328 g/mol. The lowest BCUT2D eigenvalue weighted by Crippen LogP contribution is -2.38. The number of H-pyrrole nitrogens is 1. The van der Waals surface area contributed by atoms with E-state index >= 15 is 0 Å². The monoisotopic (exact) mass is 328 g/mol. The van der Waals surface area contributed by atoms with Gasteiger partial charge in [0.2, 0.25) is 0 Å². The van der Waals surface area contributed by atoms with Crippen molar-refractivity contribution in [3.8, 4) is 0 Å². The molecule has 2 rings (SSSR count). The van der Waals surface area contributed by atoms with E-state index in [0.717, 1.165) is 4.57 Å². The Labute approximate surface area is 121 Å². The van der Waals surface area contributed by atoms with Crippen LogP contribution in [0.25, 0.3) is 0 Å². The van der Waals surface area contributed by atoms with Crippen LogP contribution >= 0.6 is 24.4 Å². The molecule has 0 radical (unpaired) electrons. The maximum Gasteiger partial charge on any atom is 0.398 e. The van der Waals surface area contributed by atoms with Crippen LogP contribution in [0.2, 0.25) is 0 Å². The van der Waals surface area contributed by atoms with Crippen LogP contribution in [0.15, 0.2) is 12.3 Å². The first-order valence-electron chi connectivity index (χ1n) is 5.58. The molecule has 5 nitrogen and oxygen atoms in total. The minimum absolute atomic E-state index is 0.0532. The summed E-state index contributed by atoms with van der Waals surface area (Å²) < 4.78 is 45.5. The first-order chi connectivity index (χ1) is 9.25. The minimum atomic E-state index is -4.70. The van der Waals surface area contributed by atoms with Crippen LogP contribution in [0.3, 0.4) is 0 Å². The van der Waals surface area contributed by atoms with E-state index in [0.29, 0.717) is 0 Å². The molecule has 1 aliphatic rings. The molecule has 1 aromatic rings. The number of ether oxygens (including phenoxy) is 1. The molecule has 0 saturated carbocycles. The van der Waals surface area contributed by atoms with Gasteiger partial charge in [0.1, 0.15) is 16.7 Å². The topological polar surface area (TPSA) is 70.4 Å². The summed E-state index contributed by atoms with van der Waals surface area (Å²) in [7, 11) is 0. The molecule has 3 N–H and O–H groups in total. The second kappa shape index (κ2) is 5.53. The number of aliphatic hydroxyl groups is 2. The molecule has 4 atom stereocenters. The van der Waals surface area contributed by atoms with Crippen molar-refractivity contribution >= 4 is 24.4 Å². The lowest BCUT2D eigenvalue weighted by Gasteiger charge is -2.24. The Balaban J connectivity index is 2.47. The summed E-state index contributed by atoms with van der Waals surface area (Å²) in [4.78, 5) is 2.54. The number of hydrogen-bond donors (Lipinski definition) is 3. The molecule has 0 amide bonds. The highest BCUT2D eigenvalue weighted by Crippen LogP contribution is 2.44. The number of nitrogens with zero attached hydrogens (tertiary/aromatic N) is 1. The molecule has 1 aliphatic heterocycles. The Morgan fingerprint density at radius 3 is 2.55 bits per heavy atom. The molecule has 0 spiro atoms. The molecule has 1 fully saturated rings. The second-order valence-corrected chi connectivity index (χ2v) is 5.15. The highest BCUT2D eigenvalue weighted by molar-refractivity contribution is 7.72. The Morgan fingerprint density at radius 1 is 1.40 bits per heavy atom. The van der Waals surface area contributed by atoms with Crippen molar-refractivity contribution < 1.29 is 28.1 Å². The molecule has 0 bridgehead atoms. The van der Waals surface area contributed by atoms with Gasteiger partial charge in [-0.15, -0.1) is 0 Å². The zero-order valence-electron chi connectivity index (χ0n) is 9.87. The molecule has 0 aliphatic carbocycles. The fraction of sp³-hybridized carbons (Fsp3) is 0.600. The standard InChI is InChI=1S/C10H11F3N2O3S2/c11-10(12,13)6-7(17)4(3-16)18-8(6)15-2-1-5(19)14-9(15)20/h1-2,4,6-8,16-17H,3H2,(H,14,19,20)/t4-,6?,7+,8-/m1/s1. The van der Waals surface area contributed by atoms with Gasteiger partial charge in [-0.1, -0.05) is 12.2 Å². The van der Waals surface area contributed by atoms with Gasteiger partial charge < -0.3 is 19.9 Å². The molecular weight excluding hydrogens is 317 g/mol. The predicted molar refractivity (Wildman–Crippen MR) is 67.0 cm³/mol. The van der Waals surface area contributed by atoms with Crippen molar-refractivity contribution in [1.29, 1.82) is 0 Å². The van der Waals surface area contributed by atoms with Gasteiger partial charge in [0.15, 0.2) is 11.0 Å². The van der Waals surface area contributed by atoms with E-state index in [4.69, 9.17) is 34.3 Å². The Hall–Kier alpha value is -0.810. The number of aromatic amines is 1. The van der Waals surface area contributed by atoms with Crippen LogP contribution in [-0.2, 0) is 4.74 Å². The van der Waals surface area contributed by atoms with E-state index in [-0.39, 0.29) is 9.41 Å². The van der Waals surface area contributed by atoms with Gasteiger partial charge in [-0.05, 0) is 18.3 Å². The second-order valence-electron chi connectivity index (χ2n) is 4.32. The van der Waals surface area contributed by atoms with E-state index in [1.807, 2.05) is 0 Å². The molecule has 1 unspecified atom stereocenters. The summed E-state index contributed by atoms with van der Waals surface area (Å²) in [5.74, 6) is -2.18. The molecule has 1 aromatic heterocycles. The maximum atomic E-state index is 13.1. The number of aliphatic hydroxyl groups excluding tert-OH is 2. The Bertz CT molecular complexity index is 600. The number of nitrogens with one attached hydrogen (secondary N) is 1. The average Bonchev–Trinajstić information content (AvgIpc) is 2.65. The first kappa shape index (κ1) is 15.6. The Kier molecular flexibility index (Phi) is 4.30. The number of hydrogen-bond acceptors (Lipinski definition) is 5. The largest absolute Gasteiger partial charge is 0.398 e. The molecule has 10 heteroatoms. The number of alkyl halides is 3. The zero-order chi connectivity index (χ0) is 15.1. The summed E-state index contributed by atoms with van der Waals surface area (Å²) in [6.45, 7) is -0.722. The van der Waals surface area contributed by atoms with Crippen molar-refractivity contribution in [3.63, 3.8) is 0 Å². The summed E-state index contributed by atoms with van der Waals surface area (Å²) in [5.41, 5.74) is 0. The zero-order valence-corrected chi connectivity index (χ0v) is 11.5. The van der Waals surface area contributed by atoms with Crippen molar-refractivity contribution in [2.75, 3.05) is 6.61 Å². The van der Waals surface area contributed by atoms with E-state index in [9.17, 15) is 18.3 Å². The number of aromatic nitrogens is 2. The van der Waals surface area contributed by atoms with Gasteiger partial charge in [0.25, 0.3) is 0 Å². The maximum absolute atomic E-state index is 13.1. The normalized spacial score (nSPS) is 30.6. The van der Waals surface area contributed by atoms with Gasteiger partial charge in [0, 0.05) is 6.20 Å². The van der Waals surface area contributed by atoms with Crippen LogP contribution in [0.5, 0.6) is 0 Å². The molecule has 112 valence electrons. The minimum Gasteiger partial charge on any atom is -0.394 e. The summed E-state index contributed by atoms with van der Waals surface area (Å²) in [5, 5.41) is 18.7. The molecule has 2 heterocycles. The molecule has 20 heavy (non-hydrogen) atoms. The van der Waals surface area contributed by atoms with Crippen molar-refractivity contribution in [3.05, 3.63) is 21.7 Å².